The zero-order valence-corrected chi connectivity index (χ0v) is 45.6. The number of nitrogens with zero attached hydrogens (tertiary/aromatic N) is 5. The molecule has 2 N–H and O–H groups in total. The predicted molar refractivity (Wildman–Crippen MR) is 292 cm³/mol. The number of hydrogen-bond donors (Lipinski definition) is 2. The average Bonchev–Trinajstić information content (AvgIpc) is 3.98. The first kappa shape index (κ1) is 56.3. The molecule has 3 aliphatic rings. The van der Waals surface area contributed by atoms with Crippen LogP contribution in [0.5, 0.6) is 0 Å². The molecule has 0 spiro atoms. The van der Waals surface area contributed by atoms with Crippen molar-refractivity contribution in [3.63, 3.8) is 0 Å². The highest BCUT2D eigenvalue weighted by Gasteiger charge is 2.33. The quantitative estimate of drug-likeness (QED) is 0.0455. The van der Waals surface area contributed by atoms with E-state index in [0.717, 1.165) is 76.3 Å². The number of carbonyl (C=O) groups is 3. The Morgan fingerprint density at radius 3 is 2.30 bits per heavy atom. The van der Waals surface area contributed by atoms with E-state index in [2.05, 4.69) is 75.8 Å². The van der Waals surface area contributed by atoms with E-state index in [1.165, 1.54) is 28.8 Å². The monoisotopic (exact) mass is 1090 g/mol. The maximum absolute atomic E-state index is 12.9. The molecule has 0 bridgehead atoms. The van der Waals surface area contributed by atoms with E-state index in [4.69, 9.17) is 23.8 Å². The molecule has 2 aromatic carbocycles. The second-order valence-electron chi connectivity index (χ2n) is 17.8. The van der Waals surface area contributed by atoms with Gasteiger partial charge in [-0.3, -0.25) is 19.3 Å². The molecule has 70 heavy (non-hydrogen) atoms. The van der Waals surface area contributed by atoms with Gasteiger partial charge in [0.15, 0.2) is 0 Å². The number of H-pyrrole nitrogens is 1. The number of para-hydroxylation sites is 1. The molecule has 0 saturated carbocycles. The number of carboxylic acids is 1. The summed E-state index contributed by atoms with van der Waals surface area (Å²) in [5.74, 6) is -1.57. The van der Waals surface area contributed by atoms with Gasteiger partial charge in [0.25, 0.3) is 11.5 Å². The van der Waals surface area contributed by atoms with Gasteiger partial charge in [-0.15, -0.1) is 23.1 Å². The summed E-state index contributed by atoms with van der Waals surface area (Å²) in [6, 6.07) is 16.2. The van der Waals surface area contributed by atoms with Crippen molar-refractivity contribution < 1.29 is 32.5 Å². The van der Waals surface area contributed by atoms with Crippen LogP contribution in [0, 0.1) is 0 Å². The van der Waals surface area contributed by atoms with Gasteiger partial charge >= 0.3 is 0 Å². The highest BCUT2D eigenvalue weighted by atomic mass is 35.5. The van der Waals surface area contributed by atoms with E-state index >= 15 is 0 Å². The van der Waals surface area contributed by atoms with E-state index in [-0.39, 0.29) is 41.2 Å². The van der Waals surface area contributed by atoms with Gasteiger partial charge in [0.1, 0.15) is 15.4 Å². The Labute approximate surface area is 434 Å². The Morgan fingerprint density at radius 1 is 0.986 bits per heavy atom. The number of carboxylic acid groups (broad SMARTS) is 1. The van der Waals surface area contributed by atoms with Crippen LogP contribution >= 0.6 is 58.7 Å². The molecule has 22 heteroatoms. The van der Waals surface area contributed by atoms with E-state index in [0.29, 0.717) is 34.6 Å². The van der Waals surface area contributed by atoms with Crippen LogP contribution in [-0.2, 0) is 24.5 Å². The van der Waals surface area contributed by atoms with Crippen molar-refractivity contribution in [1.82, 2.24) is 25.0 Å². The zero-order valence-electron chi connectivity index (χ0n) is 39.8. The molecule has 3 aliphatic heterocycles. The Kier molecular flexibility index (Phi) is 21.5. The largest absolute Gasteiger partial charge is 0.748 e. The number of anilines is 2. The Bertz CT molecular complexity index is 2710. The molecule has 6 rings (SSSR count). The van der Waals surface area contributed by atoms with Crippen molar-refractivity contribution in [2.75, 3.05) is 73.3 Å². The van der Waals surface area contributed by atoms with Crippen LogP contribution in [-0.4, -0.2) is 132 Å². The Hall–Kier alpha value is -4.61. The minimum atomic E-state index is -4.22. The molecule has 15 nitrogen and oxygen atoms in total. The van der Waals surface area contributed by atoms with E-state index in [1.807, 2.05) is 36.4 Å². The minimum Gasteiger partial charge on any atom is -0.748 e. The fraction of sp³-hybridized carbons (Fsp3) is 0.396. The van der Waals surface area contributed by atoms with Crippen LogP contribution in [0.25, 0.3) is 12.2 Å². The number of aromatic amines is 1. The second-order valence-corrected chi connectivity index (χ2v) is 29.1. The number of halogens is 1. The van der Waals surface area contributed by atoms with Crippen molar-refractivity contribution in [2.45, 2.75) is 58.3 Å². The van der Waals surface area contributed by atoms with E-state index < -0.39 is 36.1 Å². The summed E-state index contributed by atoms with van der Waals surface area (Å²) in [7, 11) is -5.44. The first-order chi connectivity index (χ1) is 33.2. The molecular weight excluding hydrogens is 1030 g/mol. The van der Waals surface area contributed by atoms with Crippen molar-refractivity contribution in [3.8, 4) is 0 Å². The fourth-order valence-corrected chi connectivity index (χ4v) is 12.7. The van der Waals surface area contributed by atoms with Crippen molar-refractivity contribution in [2.24, 2.45) is 0 Å². The molecule has 2 amide bonds. The summed E-state index contributed by atoms with van der Waals surface area (Å²) in [5, 5.41) is 15.9. The topological polar surface area (TPSA) is 193 Å². The molecule has 378 valence electrons. The number of amides is 2. The van der Waals surface area contributed by atoms with Gasteiger partial charge in [-0.25, -0.2) is 8.42 Å². The van der Waals surface area contributed by atoms with Gasteiger partial charge in [-0.05, 0) is 93.3 Å². The van der Waals surface area contributed by atoms with Crippen molar-refractivity contribution >= 4 is 123 Å². The summed E-state index contributed by atoms with van der Waals surface area (Å²) in [4.78, 5) is 61.6. The lowest BCUT2D eigenvalue weighted by Gasteiger charge is -2.32. The molecule has 3 aromatic rings. The molecule has 1 atom stereocenters. The van der Waals surface area contributed by atoms with Crippen LogP contribution in [0.3, 0.4) is 0 Å². The van der Waals surface area contributed by atoms with Gasteiger partial charge in [-0.2, -0.15) is 0 Å². The minimum absolute atomic E-state index is 0.0626. The predicted octanol–water partition coefficient (Wildman–Crippen LogP) is 4.87. The number of allylic oxidation sites excluding steroid dienone is 4. The molecule has 2 saturated heterocycles. The number of aliphatic carboxylic acids is 1. The molecule has 0 aliphatic carbocycles. The molecule has 4 heterocycles. The number of carbonyl (C=O) groups excluding carboxylic acids is 3. The van der Waals surface area contributed by atoms with Gasteiger partial charge in [0.05, 0.1) is 44.8 Å². The average molecular weight is 1090 g/mol. The lowest BCUT2D eigenvalue weighted by atomic mass is 10.2. The van der Waals surface area contributed by atoms with Crippen LogP contribution in [0.15, 0.2) is 106 Å². The van der Waals surface area contributed by atoms with Crippen molar-refractivity contribution in [1.29, 1.82) is 0 Å². The van der Waals surface area contributed by atoms with Gasteiger partial charge in [-0.1, -0.05) is 80.0 Å². The van der Waals surface area contributed by atoms with Crippen LogP contribution in [0.2, 0.25) is 24.7 Å². The number of thioether (sulfide) groups is 2. The third-order valence-electron chi connectivity index (χ3n) is 10.9. The van der Waals surface area contributed by atoms with Gasteiger partial charge in [0.2, 0.25) is 5.91 Å². The van der Waals surface area contributed by atoms with E-state index in [9.17, 15) is 37.3 Å². The number of nitrogens with one attached hydrogen (secondary N) is 2. The van der Waals surface area contributed by atoms with Crippen LogP contribution < -0.4 is 35.0 Å². The number of thiocarbonyl (C=S) groups is 1. The van der Waals surface area contributed by atoms with Crippen LogP contribution in [0.1, 0.15) is 32.6 Å². The summed E-state index contributed by atoms with van der Waals surface area (Å²) in [6.07, 6.45) is 15.8. The highest BCUT2D eigenvalue weighted by molar-refractivity contribution is 8.26. The SMILES string of the molecule is C=c1[nH]c(=O)c(=C2C=CN(CCCCN(C[Si](C)(C)C)c3ccc(Cl)cc3)C=C2)s1.CC(C(=O)[O-])N(CCNC(=O)CN1C(=O)/C(=C/C=C2\SCCN2CCCCS(=O)(=O)[O-])SC1=S)c1ccccc1. The number of unbranched alkanes of at least 4 members (excludes halogenated alkanes) is 2. The number of aromatic nitrogens is 1. The normalized spacial score (nSPS) is 16.5. The lowest BCUT2D eigenvalue weighted by molar-refractivity contribution is -0.307. The molecule has 2 fully saturated rings. The maximum Gasteiger partial charge on any atom is 0.267 e. The number of thiazole rings is 1. The van der Waals surface area contributed by atoms with Crippen LogP contribution in [0.4, 0.5) is 11.4 Å². The van der Waals surface area contributed by atoms with E-state index in [1.54, 1.807) is 47.0 Å². The summed E-state index contributed by atoms with van der Waals surface area (Å²) in [5.41, 5.74) is 2.81. The number of benzene rings is 2. The standard InChI is InChI=1S/C25H32N4O7S4.C23H30ClN3OSSi/c1-18(24(32)33)28(19-7-3-2-4-8-19)13-11-26-21(30)17-29-23(31)20(39-25(29)37)9-10-22-27(14-15-38-22)12-5-6-16-40(34,35)36;1-18-25-23(28)22(29-18)19-11-15-26(16-12-19)13-5-6-14-27(17-30(2,3)4)21-9-7-20(24)8-10-21/h2-4,7-10,18H,5-6,11-17H2,1H3,(H,26,30)(H,32,33)(H,34,35,36);7-12,15-16H,1,5-6,13-14,17H2,2-4H3,(H,25,28)/p-2/b20-9-,22-10-;. The number of rotatable bonds is 22. The summed E-state index contributed by atoms with van der Waals surface area (Å²) < 4.78 is 34.0. The smallest absolute Gasteiger partial charge is 0.267 e. The van der Waals surface area contributed by atoms with Gasteiger partial charge in [0, 0.05) is 91.3 Å². The first-order valence-corrected chi connectivity index (χ1v) is 31.5. The number of hydrogen-bond acceptors (Lipinski definition) is 16. The molecule has 0 radical (unpaired) electrons. The first-order valence-electron chi connectivity index (χ1n) is 22.8. The zero-order chi connectivity index (χ0) is 51.0. The third-order valence-corrected chi connectivity index (χ3v) is 16.7. The van der Waals surface area contributed by atoms with Gasteiger partial charge < -0.3 is 44.4 Å². The molecule has 1 aromatic heterocycles. The Balaban J connectivity index is 0.000000271. The summed E-state index contributed by atoms with van der Waals surface area (Å²) >= 11 is 15.5. The summed E-state index contributed by atoms with van der Waals surface area (Å²) in [6.45, 7) is 16.0. The lowest BCUT2D eigenvalue weighted by Crippen LogP contribution is -2.49. The van der Waals surface area contributed by atoms with Crippen molar-refractivity contribution in [3.05, 3.63) is 126 Å². The second kappa shape index (κ2) is 26.7. The maximum atomic E-state index is 12.9. The molecular formula is C48H60ClN7O8S5Si-2. The third kappa shape index (κ3) is 18.2. The Morgan fingerprint density at radius 2 is 1.67 bits per heavy atom. The fourth-order valence-electron chi connectivity index (χ4n) is 7.47. The molecule has 1 unspecified atom stereocenters. The highest BCUT2D eigenvalue weighted by Crippen LogP contribution is 2.33.